The standard InChI is InChI=1S/C28H29N5O3/c1-2-3-9-24(34)32-16-14-19(15-17-32)23-18-30-33-26(27(29)35)25(31-28(23)33)20-10-12-22(13-11-20)36-21-7-5-4-6-8-21/h3-13,18-19,31H,2,14-17H2,1H3,(H2,29,35)/b9-3+. The van der Waals surface area contributed by atoms with Crippen molar-refractivity contribution in [3.8, 4) is 22.8 Å². The quantitative estimate of drug-likeness (QED) is 0.365. The zero-order valence-corrected chi connectivity index (χ0v) is 20.2. The maximum absolute atomic E-state index is 12.4. The molecule has 3 N–H and O–H groups in total. The zero-order valence-electron chi connectivity index (χ0n) is 20.2. The maximum atomic E-state index is 12.4. The molecule has 0 bridgehead atoms. The Bertz CT molecular complexity index is 1390. The molecular weight excluding hydrogens is 454 g/mol. The first-order valence-corrected chi connectivity index (χ1v) is 12.2. The topological polar surface area (TPSA) is 106 Å². The zero-order chi connectivity index (χ0) is 25.1. The van der Waals surface area contributed by atoms with Crippen LogP contribution in [0.5, 0.6) is 11.5 Å². The molecule has 0 aliphatic carbocycles. The third kappa shape index (κ3) is 4.62. The molecule has 2 aromatic carbocycles. The van der Waals surface area contributed by atoms with Crippen LogP contribution in [0.2, 0.25) is 0 Å². The molecule has 184 valence electrons. The Morgan fingerprint density at radius 1 is 1.08 bits per heavy atom. The van der Waals surface area contributed by atoms with Gasteiger partial charge in [-0.2, -0.15) is 5.10 Å². The average Bonchev–Trinajstić information content (AvgIpc) is 3.48. The van der Waals surface area contributed by atoms with E-state index in [0.29, 0.717) is 30.2 Å². The summed E-state index contributed by atoms with van der Waals surface area (Å²) >= 11 is 0. The van der Waals surface area contributed by atoms with Gasteiger partial charge in [0, 0.05) is 24.2 Å². The molecule has 0 atom stereocenters. The highest BCUT2D eigenvalue weighted by molar-refractivity contribution is 5.98. The van der Waals surface area contributed by atoms with Crippen LogP contribution in [0, 0.1) is 0 Å². The molecule has 2 aromatic heterocycles. The van der Waals surface area contributed by atoms with E-state index in [9.17, 15) is 9.59 Å². The Morgan fingerprint density at radius 3 is 2.44 bits per heavy atom. The number of carbonyl (C=O) groups excluding carboxylic acids is 2. The fourth-order valence-corrected chi connectivity index (χ4v) is 4.72. The number of hydrogen-bond acceptors (Lipinski definition) is 4. The Morgan fingerprint density at radius 2 is 1.78 bits per heavy atom. The van der Waals surface area contributed by atoms with E-state index >= 15 is 0 Å². The molecule has 0 saturated carbocycles. The van der Waals surface area contributed by atoms with Gasteiger partial charge in [0.1, 0.15) is 17.1 Å². The predicted molar refractivity (Wildman–Crippen MR) is 138 cm³/mol. The number of likely N-dealkylation sites (tertiary alicyclic amines) is 1. The van der Waals surface area contributed by atoms with Crippen molar-refractivity contribution in [2.24, 2.45) is 5.73 Å². The van der Waals surface area contributed by atoms with Crippen LogP contribution in [0.25, 0.3) is 16.9 Å². The number of H-pyrrole nitrogens is 1. The van der Waals surface area contributed by atoms with Gasteiger partial charge in [-0.3, -0.25) is 9.59 Å². The second kappa shape index (κ2) is 10.1. The minimum Gasteiger partial charge on any atom is -0.457 e. The van der Waals surface area contributed by atoms with E-state index in [4.69, 9.17) is 10.5 Å². The monoisotopic (exact) mass is 483 g/mol. The number of amides is 2. The van der Waals surface area contributed by atoms with Gasteiger partial charge in [0.05, 0.1) is 11.9 Å². The number of fused-ring (bicyclic) bond motifs is 1. The van der Waals surface area contributed by atoms with Crippen LogP contribution in [0.4, 0.5) is 0 Å². The largest absolute Gasteiger partial charge is 0.457 e. The molecule has 2 amide bonds. The van der Waals surface area contributed by atoms with Crippen molar-refractivity contribution in [1.82, 2.24) is 19.5 Å². The number of para-hydroxylation sites is 1. The Labute approximate surface area is 209 Å². The number of benzene rings is 2. The molecule has 36 heavy (non-hydrogen) atoms. The molecule has 0 unspecified atom stereocenters. The van der Waals surface area contributed by atoms with Gasteiger partial charge < -0.3 is 20.4 Å². The molecule has 1 saturated heterocycles. The lowest BCUT2D eigenvalue weighted by Gasteiger charge is -2.31. The summed E-state index contributed by atoms with van der Waals surface area (Å²) < 4.78 is 7.48. The summed E-state index contributed by atoms with van der Waals surface area (Å²) in [6, 6.07) is 17.1. The van der Waals surface area contributed by atoms with Crippen LogP contribution in [-0.4, -0.2) is 44.4 Å². The molecule has 1 fully saturated rings. The van der Waals surface area contributed by atoms with E-state index in [0.717, 1.165) is 41.8 Å². The van der Waals surface area contributed by atoms with Gasteiger partial charge in [-0.25, -0.2) is 4.52 Å². The van der Waals surface area contributed by atoms with Crippen molar-refractivity contribution >= 4 is 17.5 Å². The Hall–Kier alpha value is -4.33. The number of primary amides is 1. The highest BCUT2D eigenvalue weighted by Crippen LogP contribution is 2.34. The summed E-state index contributed by atoms with van der Waals surface area (Å²) in [6.45, 7) is 3.39. The SMILES string of the molecule is CC/C=C/C(=O)N1CCC(c2cnn3c(C(N)=O)c(-c4ccc(Oc5ccccc5)cc4)[nH]c23)CC1. The van der Waals surface area contributed by atoms with Gasteiger partial charge in [0.2, 0.25) is 5.91 Å². The fraction of sp³-hybridized carbons (Fsp3) is 0.250. The molecule has 8 heteroatoms. The number of nitrogens with one attached hydrogen (secondary N) is 1. The van der Waals surface area contributed by atoms with E-state index < -0.39 is 5.91 Å². The molecule has 0 spiro atoms. The number of hydrogen-bond donors (Lipinski definition) is 2. The molecule has 3 heterocycles. The number of nitrogens with zero attached hydrogens (tertiary/aromatic N) is 3. The van der Waals surface area contributed by atoms with Gasteiger partial charge in [-0.05, 0) is 67.7 Å². The summed E-state index contributed by atoms with van der Waals surface area (Å²) in [5.41, 5.74) is 9.31. The number of ether oxygens (including phenoxy) is 1. The first-order valence-electron chi connectivity index (χ1n) is 12.2. The molecule has 1 aliphatic rings. The van der Waals surface area contributed by atoms with E-state index in [1.807, 2.05) is 72.5 Å². The van der Waals surface area contributed by atoms with Crippen LogP contribution in [0.1, 0.15) is 48.2 Å². The number of allylic oxidation sites excluding steroid dienone is 1. The van der Waals surface area contributed by atoms with Crippen LogP contribution in [0.15, 0.2) is 72.9 Å². The van der Waals surface area contributed by atoms with E-state index in [1.54, 1.807) is 16.8 Å². The number of nitrogens with two attached hydrogens (primary N) is 1. The molecular formula is C28H29N5O3. The number of imidazole rings is 1. The summed E-state index contributed by atoms with van der Waals surface area (Å²) in [7, 11) is 0. The Kier molecular flexibility index (Phi) is 6.58. The average molecular weight is 484 g/mol. The van der Waals surface area contributed by atoms with E-state index in [2.05, 4.69) is 10.1 Å². The molecule has 5 rings (SSSR count). The molecule has 4 aromatic rings. The van der Waals surface area contributed by atoms with Crippen molar-refractivity contribution in [2.45, 2.75) is 32.1 Å². The van der Waals surface area contributed by atoms with Gasteiger partial charge in [-0.15, -0.1) is 0 Å². The number of rotatable bonds is 7. The predicted octanol–water partition coefficient (Wildman–Crippen LogP) is 4.89. The Balaban J connectivity index is 1.39. The number of piperidine rings is 1. The minimum absolute atomic E-state index is 0.0633. The van der Waals surface area contributed by atoms with Crippen molar-refractivity contribution in [3.63, 3.8) is 0 Å². The first-order chi connectivity index (χ1) is 17.5. The third-order valence-corrected chi connectivity index (χ3v) is 6.59. The van der Waals surface area contributed by atoms with Crippen molar-refractivity contribution < 1.29 is 14.3 Å². The summed E-state index contributed by atoms with van der Waals surface area (Å²) in [6.07, 6.45) is 7.86. The van der Waals surface area contributed by atoms with Crippen LogP contribution in [0.3, 0.4) is 0 Å². The molecule has 0 radical (unpaired) electrons. The summed E-state index contributed by atoms with van der Waals surface area (Å²) in [4.78, 5) is 30.1. The second-order valence-corrected chi connectivity index (χ2v) is 8.92. The van der Waals surface area contributed by atoms with Crippen molar-refractivity contribution in [2.75, 3.05) is 13.1 Å². The number of carbonyl (C=O) groups is 2. The lowest BCUT2D eigenvalue weighted by molar-refractivity contribution is -0.127. The van der Waals surface area contributed by atoms with Gasteiger partial charge in [-0.1, -0.05) is 31.2 Å². The summed E-state index contributed by atoms with van der Waals surface area (Å²) in [5.74, 6) is 1.18. The molecule has 1 aliphatic heterocycles. The van der Waals surface area contributed by atoms with E-state index in [-0.39, 0.29) is 11.8 Å². The van der Waals surface area contributed by atoms with Gasteiger partial charge in [0.15, 0.2) is 5.69 Å². The lowest BCUT2D eigenvalue weighted by Crippen LogP contribution is -2.36. The van der Waals surface area contributed by atoms with Gasteiger partial charge in [0.25, 0.3) is 5.91 Å². The first kappa shape index (κ1) is 23.4. The highest BCUT2D eigenvalue weighted by Gasteiger charge is 2.28. The lowest BCUT2D eigenvalue weighted by atomic mass is 9.91. The van der Waals surface area contributed by atoms with E-state index in [1.165, 1.54) is 0 Å². The third-order valence-electron chi connectivity index (χ3n) is 6.59. The van der Waals surface area contributed by atoms with Crippen molar-refractivity contribution in [3.05, 3.63) is 84.2 Å². The van der Waals surface area contributed by atoms with Crippen LogP contribution < -0.4 is 10.5 Å². The second-order valence-electron chi connectivity index (χ2n) is 8.92. The normalized spacial score (nSPS) is 14.5. The van der Waals surface area contributed by atoms with Crippen LogP contribution in [-0.2, 0) is 4.79 Å². The van der Waals surface area contributed by atoms with Crippen LogP contribution >= 0.6 is 0 Å². The summed E-state index contributed by atoms with van der Waals surface area (Å²) in [5, 5.41) is 4.50. The fourth-order valence-electron chi connectivity index (χ4n) is 4.72. The molecule has 8 nitrogen and oxygen atoms in total. The minimum atomic E-state index is -0.557. The number of aromatic nitrogens is 3. The smallest absolute Gasteiger partial charge is 0.269 e. The van der Waals surface area contributed by atoms with Gasteiger partial charge >= 0.3 is 0 Å². The highest BCUT2D eigenvalue weighted by atomic mass is 16.5. The van der Waals surface area contributed by atoms with Crippen molar-refractivity contribution in [1.29, 1.82) is 0 Å². The maximum Gasteiger partial charge on any atom is 0.269 e. The number of aromatic amines is 1.